The van der Waals surface area contributed by atoms with Crippen LogP contribution in [0.4, 0.5) is 11.4 Å². The van der Waals surface area contributed by atoms with Crippen molar-refractivity contribution in [3.05, 3.63) is 23.8 Å². The molecule has 0 aliphatic carbocycles. The average Bonchev–Trinajstić information content (AvgIpc) is 2.28. The van der Waals surface area contributed by atoms with E-state index in [1.807, 2.05) is 6.92 Å². The zero-order valence-electron chi connectivity index (χ0n) is 10.4. The van der Waals surface area contributed by atoms with Gasteiger partial charge >= 0.3 is 5.97 Å². The van der Waals surface area contributed by atoms with E-state index in [-0.39, 0.29) is 11.5 Å². The lowest BCUT2D eigenvalue weighted by Gasteiger charge is -2.16. The molecule has 1 unspecified atom stereocenters. The predicted molar refractivity (Wildman–Crippen MR) is 69.6 cm³/mol. The van der Waals surface area contributed by atoms with E-state index < -0.39 is 12.0 Å². The summed E-state index contributed by atoms with van der Waals surface area (Å²) in [7, 11) is 0. The Morgan fingerprint density at radius 2 is 2.11 bits per heavy atom. The third-order valence-electron chi connectivity index (χ3n) is 2.39. The molecule has 0 aromatic heterocycles. The highest BCUT2D eigenvalue weighted by atomic mass is 16.4. The quantitative estimate of drug-likeness (QED) is 0.582. The van der Waals surface area contributed by atoms with Crippen molar-refractivity contribution >= 4 is 23.3 Å². The summed E-state index contributed by atoms with van der Waals surface area (Å²) in [4.78, 5) is 22.6. The van der Waals surface area contributed by atoms with Crippen molar-refractivity contribution in [1.82, 2.24) is 5.32 Å². The molecular formula is C12H17N3O3. The van der Waals surface area contributed by atoms with Gasteiger partial charge in [0.15, 0.2) is 0 Å². The van der Waals surface area contributed by atoms with Gasteiger partial charge in [0.1, 0.15) is 6.04 Å². The number of carboxylic acid groups (broad SMARTS) is 1. The number of anilines is 2. The first-order valence-corrected chi connectivity index (χ1v) is 5.62. The van der Waals surface area contributed by atoms with E-state index in [1.165, 1.54) is 18.2 Å². The Hall–Kier alpha value is -2.24. The second-order valence-electron chi connectivity index (χ2n) is 3.87. The molecule has 0 spiro atoms. The van der Waals surface area contributed by atoms with Gasteiger partial charge in [-0.15, -0.1) is 0 Å². The van der Waals surface area contributed by atoms with Crippen LogP contribution in [0.25, 0.3) is 0 Å². The Kier molecular flexibility index (Phi) is 4.53. The molecule has 0 saturated carbocycles. The summed E-state index contributed by atoms with van der Waals surface area (Å²) in [5.74, 6) is -1.27. The maximum atomic E-state index is 11.6. The van der Waals surface area contributed by atoms with Crippen LogP contribution in [-0.2, 0) is 4.79 Å². The first kappa shape index (κ1) is 13.8. The molecule has 0 aliphatic heterocycles. The lowest BCUT2D eigenvalue weighted by atomic mass is 10.1. The van der Waals surface area contributed by atoms with Crippen molar-refractivity contribution < 1.29 is 14.7 Å². The number of carboxylic acids is 1. The Bertz CT molecular complexity index is 460. The standard InChI is InChI=1S/C12H17N3O3/c1-3-14-11(16)7(2)15-10-6-8(13)4-5-9(10)12(17)18/h4-7,15H,3,13H2,1-2H3,(H,14,16)(H,17,18). The molecular weight excluding hydrogens is 234 g/mol. The van der Waals surface area contributed by atoms with E-state index in [1.54, 1.807) is 6.92 Å². The Balaban J connectivity index is 2.92. The molecule has 0 saturated heterocycles. The van der Waals surface area contributed by atoms with Crippen molar-refractivity contribution in [1.29, 1.82) is 0 Å². The summed E-state index contributed by atoms with van der Waals surface area (Å²) in [5.41, 5.74) is 6.46. The summed E-state index contributed by atoms with van der Waals surface area (Å²) in [6.45, 7) is 3.99. The highest BCUT2D eigenvalue weighted by molar-refractivity contribution is 5.96. The molecule has 0 fully saturated rings. The minimum atomic E-state index is -1.07. The molecule has 1 amide bonds. The van der Waals surface area contributed by atoms with Crippen LogP contribution in [0.15, 0.2) is 18.2 Å². The lowest BCUT2D eigenvalue weighted by molar-refractivity contribution is -0.121. The topological polar surface area (TPSA) is 104 Å². The monoisotopic (exact) mass is 251 g/mol. The maximum absolute atomic E-state index is 11.6. The van der Waals surface area contributed by atoms with Crippen LogP contribution in [0, 0.1) is 0 Å². The number of hydrogen-bond acceptors (Lipinski definition) is 4. The zero-order chi connectivity index (χ0) is 13.7. The fraction of sp³-hybridized carbons (Fsp3) is 0.333. The Labute approximate surface area is 105 Å². The summed E-state index contributed by atoms with van der Waals surface area (Å²) in [6.07, 6.45) is 0. The van der Waals surface area contributed by atoms with Gasteiger partial charge in [-0.1, -0.05) is 0 Å². The number of nitrogens with two attached hydrogens (primary N) is 1. The van der Waals surface area contributed by atoms with Crippen molar-refractivity contribution in [2.24, 2.45) is 0 Å². The van der Waals surface area contributed by atoms with Crippen LogP contribution in [0.1, 0.15) is 24.2 Å². The zero-order valence-corrected chi connectivity index (χ0v) is 10.4. The summed E-state index contributed by atoms with van der Waals surface area (Å²) >= 11 is 0. The number of aromatic carboxylic acids is 1. The van der Waals surface area contributed by atoms with Crippen LogP contribution in [0.5, 0.6) is 0 Å². The van der Waals surface area contributed by atoms with Crippen LogP contribution < -0.4 is 16.4 Å². The molecule has 1 aromatic carbocycles. The third-order valence-corrected chi connectivity index (χ3v) is 2.39. The van der Waals surface area contributed by atoms with E-state index in [9.17, 15) is 9.59 Å². The second-order valence-corrected chi connectivity index (χ2v) is 3.87. The number of benzene rings is 1. The predicted octanol–water partition coefficient (Wildman–Crippen LogP) is 0.903. The van der Waals surface area contributed by atoms with Crippen LogP contribution in [0.3, 0.4) is 0 Å². The van der Waals surface area contributed by atoms with Crippen LogP contribution in [0.2, 0.25) is 0 Å². The number of carbonyl (C=O) groups excluding carboxylic acids is 1. The molecule has 1 rings (SSSR count). The van der Waals surface area contributed by atoms with Crippen molar-refractivity contribution in [3.8, 4) is 0 Å². The number of likely N-dealkylation sites (N-methyl/N-ethyl adjacent to an activating group) is 1. The minimum absolute atomic E-state index is 0.0837. The van der Waals surface area contributed by atoms with Crippen LogP contribution in [-0.4, -0.2) is 29.6 Å². The van der Waals surface area contributed by atoms with Crippen LogP contribution >= 0.6 is 0 Å². The lowest BCUT2D eigenvalue weighted by Crippen LogP contribution is -2.37. The molecule has 6 heteroatoms. The summed E-state index contributed by atoms with van der Waals surface area (Å²) in [5, 5.41) is 14.5. The molecule has 6 nitrogen and oxygen atoms in total. The van der Waals surface area contributed by atoms with Gasteiger partial charge in [-0.2, -0.15) is 0 Å². The molecule has 1 aromatic rings. The highest BCUT2D eigenvalue weighted by Crippen LogP contribution is 2.20. The van der Waals surface area contributed by atoms with Crippen molar-refractivity contribution in [2.75, 3.05) is 17.6 Å². The molecule has 98 valence electrons. The normalized spacial score (nSPS) is 11.7. The van der Waals surface area contributed by atoms with E-state index >= 15 is 0 Å². The van der Waals surface area contributed by atoms with Crippen molar-refractivity contribution in [2.45, 2.75) is 19.9 Å². The van der Waals surface area contributed by atoms with Crippen molar-refractivity contribution in [3.63, 3.8) is 0 Å². The number of nitrogen functional groups attached to an aromatic ring is 1. The molecule has 0 bridgehead atoms. The Morgan fingerprint density at radius 3 is 2.67 bits per heavy atom. The first-order chi connectivity index (χ1) is 8.45. The van der Waals surface area contributed by atoms with Gasteiger partial charge < -0.3 is 21.5 Å². The van der Waals surface area contributed by atoms with E-state index in [4.69, 9.17) is 10.8 Å². The third kappa shape index (κ3) is 3.38. The Morgan fingerprint density at radius 1 is 1.44 bits per heavy atom. The van der Waals surface area contributed by atoms with E-state index in [0.29, 0.717) is 17.9 Å². The number of carbonyl (C=O) groups is 2. The molecule has 0 aliphatic rings. The maximum Gasteiger partial charge on any atom is 0.337 e. The summed E-state index contributed by atoms with van der Waals surface area (Å²) < 4.78 is 0. The van der Waals surface area contributed by atoms with Gasteiger partial charge in [-0.25, -0.2) is 4.79 Å². The van der Waals surface area contributed by atoms with E-state index in [0.717, 1.165) is 0 Å². The molecule has 0 heterocycles. The van der Waals surface area contributed by atoms with Gasteiger partial charge in [0.25, 0.3) is 0 Å². The first-order valence-electron chi connectivity index (χ1n) is 5.62. The van der Waals surface area contributed by atoms with E-state index in [2.05, 4.69) is 10.6 Å². The number of amides is 1. The average molecular weight is 251 g/mol. The van der Waals surface area contributed by atoms with Gasteiger partial charge in [-0.05, 0) is 32.0 Å². The largest absolute Gasteiger partial charge is 0.478 e. The molecule has 1 atom stereocenters. The molecule has 0 radical (unpaired) electrons. The SMILES string of the molecule is CCNC(=O)C(C)Nc1cc(N)ccc1C(=O)O. The highest BCUT2D eigenvalue weighted by Gasteiger charge is 2.16. The number of rotatable bonds is 5. The number of nitrogens with one attached hydrogen (secondary N) is 2. The fourth-order valence-corrected chi connectivity index (χ4v) is 1.49. The van der Waals surface area contributed by atoms with Gasteiger partial charge in [-0.3, -0.25) is 4.79 Å². The minimum Gasteiger partial charge on any atom is -0.478 e. The molecule has 5 N–H and O–H groups in total. The molecule has 18 heavy (non-hydrogen) atoms. The van der Waals surface area contributed by atoms with Gasteiger partial charge in [0.2, 0.25) is 5.91 Å². The van der Waals surface area contributed by atoms with Gasteiger partial charge in [0, 0.05) is 12.2 Å². The number of hydrogen-bond donors (Lipinski definition) is 4. The van der Waals surface area contributed by atoms with Gasteiger partial charge in [0.05, 0.1) is 11.3 Å². The fourth-order valence-electron chi connectivity index (χ4n) is 1.49. The second kappa shape index (κ2) is 5.90. The smallest absolute Gasteiger partial charge is 0.337 e. The summed E-state index contributed by atoms with van der Waals surface area (Å²) in [6, 6.07) is 3.87.